The summed E-state index contributed by atoms with van der Waals surface area (Å²) in [4.78, 5) is 23.2. The van der Waals surface area contributed by atoms with Crippen LogP contribution in [0.5, 0.6) is 11.5 Å². The summed E-state index contributed by atoms with van der Waals surface area (Å²) in [5, 5.41) is 2.21. The van der Waals surface area contributed by atoms with Gasteiger partial charge in [-0.25, -0.2) is 8.78 Å². The Kier molecular flexibility index (Phi) is 7.19. The third-order valence-electron chi connectivity index (χ3n) is 3.86. The molecule has 0 aliphatic carbocycles. The van der Waals surface area contributed by atoms with Crippen LogP contribution in [0.2, 0.25) is 0 Å². The highest BCUT2D eigenvalue weighted by atomic mass is 19.4. The fourth-order valence-corrected chi connectivity index (χ4v) is 2.45. The second-order valence-corrected chi connectivity index (χ2v) is 6.11. The van der Waals surface area contributed by atoms with Crippen molar-refractivity contribution in [1.82, 2.24) is 0 Å². The number of amides is 2. The van der Waals surface area contributed by atoms with Gasteiger partial charge in [0.05, 0.1) is 18.4 Å². The van der Waals surface area contributed by atoms with E-state index >= 15 is 0 Å². The minimum atomic E-state index is -4.51. The number of aryl methyl sites for hydroxylation is 1. The van der Waals surface area contributed by atoms with Crippen LogP contribution in [0.1, 0.15) is 22.3 Å². The van der Waals surface area contributed by atoms with Crippen molar-refractivity contribution in [2.24, 2.45) is 5.73 Å². The topological polar surface area (TPSA) is 90.6 Å². The first kappa shape index (κ1) is 22.9. The highest BCUT2D eigenvalue weighted by molar-refractivity contribution is 5.96. The molecule has 0 heterocycles. The van der Waals surface area contributed by atoms with Crippen LogP contribution in [0.25, 0.3) is 0 Å². The van der Waals surface area contributed by atoms with E-state index in [-0.39, 0.29) is 24.3 Å². The molecular weight excluding hydrogens is 415 g/mol. The number of hydrogen-bond acceptors (Lipinski definition) is 4. The Morgan fingerprint density at radius 2 is 1.77 bits per heavy atom. The summed E-state index contributed by atoms with van der Waals surface area (Å²) in [5.74, 6) is -4.07. The normalized spacial score (nSPS) is 11.1. The van der Waals surface area contributed by atoms with Gasteiger partial charge in [0.2, 0.25) is 5.91 Å². The van der Waals surface area contributed by atoms with E-state index in [9.17, 15) is 31.5 Å². The highest BCUT2D eigenvalue weighted by Crippen LogP contribution is 2.30. The number of benzene rings is 2. The maximum absolute atomic E-state index is 13.8. The zero-order chi connectivity index (χ0) is 22.5. The van der Waals surface area contributed by atoms with E-state index in [0.29, 0.717) is 11.6 Å². The zero-order valence-electron chi connectivity index (χ0n) is 15.6. The van der Waals surface area contributed by atoms with E-state index < -0.39 is 47.5 Å². The predicted octanol–water partition coefficient (Wildman–Crippen LogP) is 3.58. The van der Waals surface area contributed by atoms with Crippen molar-refractivity contribution in [3.8, 4) is 11.5 Å². The van der Waals surface area contributed by atoms with Crippen LogP contribution in [0.4, 0.5) is 27.6 Å². The second kappa shape index (κ2) is 9.42. The largest absolute Gasteiger partial charge is 0.493 e. The van der Waals surface area contributed by atoms with Gasteiger partial charge in [-0.05, 0) is 30.2 Å². The first-order valence-electron chi connectivity index (χ1n) is 8.45. The molecule has 0 aromatic heterocycles. The molecule has 2 rings (SSSR count). The van der Waals surface area contributed by atoms with Gasteiger partial charge >= 0.3 is 6.18 Å². The van der Waals surface area contributed by atoms with Crippen LogP contribution in [-0.2, 0) is 11.2 Å². The summed E-state index contributed by atoms with van der Waals surface area (Å²) >= 11 is 0. The van der Waals surface area contributed by atoms with Crippen LogP contribution in [0.15, 0.2) is 30.3 Å². The van der Waals surface area contributed by atoms with Gasteiger partial charge in [-0.3, -0.25) is 9.59 Å². The molecule has 11 heteroatoms. The van der Waals surface area contributed by atoms with E-state index in [4.69, 9.17) is 10.5 Å². The van der Waals surface area contributed by atoms with E-state index in [0.717, 1.165) is 6.07 Å². The summed E-state index contributed by atoms with van der Waals surface area (Å²) in [7, 11) is 1.25. The number of hydrogen-bond donors (Lipinski definition) is 2. The average Bonchev–Trinajstić information content (AvgIpc) is 2.66. The summed E-state index contributed by atoms with van der Waals surface area (Å²) in [6.45, 7) is -1.48. The van der Waals surface area contributed by atoms with Crippen molar-refractivity contribution in [3.63, 3.8) is 0 Å². The lowest BCUT2D eigenvalue weighted by Gasteiger charge is -2.13. The van der Waals surface area contributed by atoms with Crippen molar-refractivity contribution in [3.05, 3.63) is 53.1 Å². The van der Waals surface area contributed by atoms with Crippen molar-refractivity contribution < 1.29 is 41.0 Å². The molecule has 3 N–H and O–H groups in total. The lowest BCUT2D eigenvalue weighted by molar-refractivity contribution is -0.153. The van der Waals surface area contributed by atoms with Crippen LogP contribution >= 0.6 is 0 Å². The van der Waals surface area contributed by atoms with Gasteiger partial charge in [0.15, 0.2) is 18.1 Å². The first-order chi connectivity index (χ1) is 14.0. The molecule has 0 saturated carbocycles. The van der Waals surface area contributed by atoms with Gasteiger partial charge in [-0.1, -0.05) is 6.07 Å². The van der Waals surface area contributed by atoms with Crippen LogP contribution in [0, 0.1) is 11.6 Å². The van der Waals surface area contributed by atoms with Gasteiger partial charge in [-0.15, -0.1) is 0 Å². The van der Waals surface area contributed by atoms with Crippen molar-refractivity contribution >= 4 is 17.5 Å². The molecule has 0 aliphatic heterocycles. The van der Waals surface area contributed by atoms with E-state index in [2.05, 4.69) is 10.1 Å². The van der Waals surface area contributed by atoms with Crippen molar-refractivity contribution in [2.75, 3.05) is 19.0 Å². The number of nitrogens with one attached hydrogen (secondary N) is 1. The van der Waals surface area contributed by atoms with E-state index in [1.54, 1.807) is 0 Å². The Morgan fingerprint density at radius 3 is 2.37 bits per heavy atom. The fourth-order valence-electron chi connectivity index (χ4n) is 2.45. The number of anilines is 1. The molecule has 0 fully saturated rings. The van der Waals surface area contributed by atoms with Gasteiger partial charge in [0, 0.05) is 12.5 Å². The predicted molar refractivity (Wildman–Crippen MR) is 96.4 cm³/mol. The molecule has 0 saturated heterocycles. The standard InChI is InChI=1S/C19H17F5N2O4/c1-29-16-6-10(2-4-15(16)30-9-19(22,23)24)3-5-17(27)26-14-7-11(18(25)28)12(20)8-13(14)21/h2,4,6-8H,3,5,9H2,1H3,(H2,25,28)(H,26,27). The second-order valence-electron chi connectivity index (χ2n) is 6.11. The van der Waals surface area contributed by atoms with Gasteiger partial charge in [0.1, 0.15) is 11.6 Å². The number of ether oxygens (including phenoxy) is 2. The maximum atomic E-state index is 13.8. The average molecular weight is 432 g/mol. The summed E-state index contributed by atoms with van der Waals surface area (Å²) in [6.07, 6.45) is -4.52. The molecule has 6 nitrogen and oxygen atoms in total. The molecule has 0 bridgehead atoms. The fraction of sp³-hybridized carbons (Fsp3) is 0.263. The summed E-state index contributed by atoms with van der Waals surface area (Å²) in [6, 6.07) is 5.35. The van der Waals surface area contributed by atoms with Gasteiger partial charge < -0.3 is 20.5 Å². The van der Waals surface area contributed by atoms with Crippen LogP contribution in [0.3, 0.4) is 0 Å². The van der Waals surface area contributed by atoms with Crippen molar-refractivity contribution in [1.29, 1.82) is 0 Å². The molecule has 0 aliphatic rings. The van der Waals surface area contributed by atoms with E-state index in [1.165, 1.54) is 25.3 Å². The highest BCUT2D eigenvalue weighted by Gasteiger charge is 2.29. The van der Waals surface area contributed by atoms with Gasteiger partial charge in [-0.2, -0.15) is 13.2 Å². The lowest BCUT2D eigenvalue weighted by atomic mass is 10.1. The maximum Gasteiger partial charge on any atom is 0.422 e. The number of primary amides is 1. The molecular formula is C19H17F5N2O4. The molecule has 0 atom stereocenters. The first-order valence-corrected chi connectivity index (χ1v) is 8.45. The quantitative estimate of drug-likeness (QED) is 0.624. The lowest BCUT2D eigenvalue weighted by Crippen LogP contribution is -2.19. The smallest absolute Gasteiger partial charge is 0.422 e. The summed E-state index contributed by atoms with van der Waals surface area (Å²) in [5.41, 5.74) is 4.53. The molecule has 0 radical (unpaired) electrons. The third-order valence-corrected chi connectivity index (χ3v) is 3.86. The van der Waals surface area contributed by atoms with Crippen molar-refractivity contribution in [2.45, 2.75) is 19.0 Å². The Morgan fingerprint density at radius 1 is 1.07 bits per heavy atom. The minimum Gasteiger partial charge on any atom is -0.493 e. The molecule has 30 heavy (non-hydrogen) atoms. The number of rotatable bonds is 8. The van der Waals surface area contributed by atoms with E-state index in [1.807, 2.05) is 0 Å². The Bertz CT molecular complexity index is 947. The number of carbonyl (C=O) groups excluding carboxylic acids is 2. The van der Waals surface area contributed by atoms with Crippen LogP contribution < -0.4 is 20.5 Å². The number of carbonyl (C=O) groups is 2. The Hall–Kier alpha value is -3.37. The Balaban J connectivity index is 2.03. The molecule has 2 amide bonds. The molecule has 2 aromatic rings. The number of nitrogens with two attached hydrogens (primary N) is 1. The van der Waals surface area contributed by atoms with Gasteiger partial charge in [0.25, 0.3) is 5.91 Å². The SMILES string of the molecule is COc1cc(CCC(=O)Nc2cc(C(N)=O)c(F)cc2F)ccc1OCC(F)(F)F. The third kappa shape index (κ3) is 6.33. The number of alkyl halides is 3. The Labute approximate surface area is 167 Å². The zero-order valence-corrected chi connectivity index (χ0v) is 15.6. The molecule has 0 spiro atoms. The number of halogens is 5. The molecule has 2 aromatic carbocycles. The summed E-state index contributed by atoms with van der Waals surface area (Å²) < 4.78 is 73.8. The minimum absolute atomic E-state index is 0.0489. The molecule has 162 valence electrons. The van der Waals surface area contributed by atoms with Crippen LogP contribution in [-0.4, -0.2) is 31.7 Å². The number of methoxy groups -OCH3 is 1. The monoisotopic (exact) mass is 432 g/mol. The molecule has 0 unspecified atom stereocenters.